The largest absolute Gasteiger partial charge is 0.456 e. The highest BCUT2D eigenvalue weighted by Gasteiger charge is 2.16. The Bertz CT molecular complexity index is 565. The van der Waals surface area contributed by atoms with E-state index in [-0.39, 0.29) is 12.5 Å². The molecule has 124 valence electrons. The molecule has 7 heteroatoms. The fourth-order valence-corrected chi connectivity index (χ4v) is 2.27. The summed E-state index contributed by atoms with van der Waals surface area (Å²) in [6.07, 6.45) is 0.349. The van der Waals surface area contributed by atoms with Crippen LogP contribution in [0.1, 0.15) is 12.5 Å². The zero-order chi connectivity index (χ0) is 16.7. The van der Waals surface area contributed by atoms with Crippen LogP contribution in [0.5, 0.6) is 0 Å². The lowest BCUT2D eigenvalue weighted by molar-refractivity contribution is -0.144. The van der Waals surface area contributed by atoms with Crippen molar-refractivity contribution >= 4 is 23.5 Å². The third kappa shape index (κ3) is 5.71. The summed E-state index contributed by atoms with van der Waals surface area (Å²) in [5.74, 6) is -0.787. The van der Waals surface area contributed by atoms with Crippen molar-refractivity contribution in [1.82, 2.24) is 10.2 Å². The molecule has 0 aromatic heterocycles. The first kappa shape index (κ1) is 17.0. The zero-order valence-electron chi connectivity index (χ0n) is 13.1. The van der Waals surface area contributed by atoms with E-state index in [1.54, 1.807) is 12.1 Å². The molecule has 2 rings (SSSR count). The summed E-state index contributed by atoms with van der Waals surface area (Å²) in [4.78, 5) is 36.2. The van der Waals surface area contributed by atoms with Gasteiger partial charge in [0.15, 0.2) is 6.61 Å². The number of nitrogens with one attached hydrogen (secondary N) is 2. The maximum atomic E-state index is 12.2. The Hall–Kier alpha value is -2.41. The van der Waals surface area contributed by atoms with Gasteiger partial charge in [0.1, 0.15) is 0 Å². The highest BCUT2D eigenvalue weighted by atomic mass is 16.5. The number of amides is 2. The number of benzene rings is 1. The number of carbonyl (C=O) groups excluding carboxylic acids is 3. The van der Waals surface area contributed by atoms with E-state index in [2.05, 4.69) is 15.4 Å². The predicted molar refractivity (Wildman–Crippen MR) is 84.9 cm³/mol. The monoisotopic (exact) mass is 319 g/mol. The van der Waals surface area contributed by atoms with Gasteiger partial charge < -0.3 is 20.3 Å². The molecule has 1 aliphatic heterocycles. The van der Waals surface area contributed by atoms with E-state index in [1.807, 2.05) is 17.0 Å². The van der Waals surface area contributed by atoms with Crippen molar-refractivity contribution in [2.75, 3.05) is 38.1 Å². The SMILES string of the molecule is CC(=O)OCC(=O)Nc1ccc(CC(=O)N2CCNCC2)cc1. The molecule has 0 atom stereocenters. The predicted octanol–water partition coefficient (Wildman–Crippen LogP) is 0.163. The zero-order valence-corrected chi connectivity index (χ0v) is 13.1. The maximum Gasteiger partial charge on any atom is 0.303 e. The number of nitrogens with zero attached hydrogens (tertiary/aromatic N) is 1. The topological polar surface area (TPSA) is 87.7 Å². The van der Waals surface area contributed by atoms with Crippen LogP contribution < -0.4 is 10.6 Å². The van der Waals surface area contributed by atoms with Gasteiger partial charge in [-0.3, -0.25) is 14.4 Å². The first-order valence-corrected chi connectivity index (χ1v) is 7.55. The summed E-state index contributed by atoms with van der Waals surface area (Å²) >= 11 is 0. The Morgan fingerprint density at radius 3 is 2.43 bits per heavy atom. The van der Waals surface area contributed by atoms with Crippen molar-refractivity contribution in [3.05, 3.63) is 29.8 Å². The molecule has 1 heterocycles. The second kappa shape index (κ2) is 8.28. The number of hydrogen-bond acceptors (Lipinski definition) is 5. The van der Waals surface area contributed by atoms with Crippen molar-refractivity contribution in [2.24, 2.45) is 0 Å². The molecule has 1 saturated heterocycles. The number of piperazine rings is 1. The number of carbonyl (C=O) groups is 3. The van der Waals surface area contributed by atoms with E-state index in [0.717, 1.165) is 31.7 Å². The molecule has 1 fully saturated rings. The van der Waals surface area contributed by atoms with Crippen LogP contribution in [-0.2, 0) is 25.5 Å². The second-order valence-electron chi connectivity index (χ2n) is 5.33. The minimum Gasteiger partial charge on any atom is -0.456 e. The van der Waals surface area contributed by atoms with E-state index >= 15 is 0 Å². The standard InChI is InChI=1S/C16H21N3O4/c1-12(20)23-11-15(21)18-14-4-2-13(3-5-14)10-16(22)19-8-6-17-7-9-19/h2-5,17H,6-11H2,1H3,(H,18,21). The van der Waals surface area contributed by atoms with E-state index < -0.39 is 11.9 Å². The molecule has 0 aliphatic carbocycles. The van der Waals surface area contributed by atoms with Crippen molar-refractivity contribution in [3.63, 3.8) is 0 Å². The average molecular weight is 319 g/mol. The van der Waals surface area contributed by atoms with Crippen molar-refractivity contribution < 1.29 is 19.1 Å². The van der Waals surface area contributed by atoms with Gasteiger partial charge in [0, 0.05) is 38.8 Å². The van der Waals surface area contributed by atoms with Crippen LogP contribution in [0.25, 0.3) is 0 Å². The van der Waals surface area contributed by atoms with Crippen LogP contribution in [0.2, 0.25) is 0 Å². The average Bonchev–Trinajstić information content (AvgIpc) is 2.55. The molecular formula is C16H21N3O4. The van der Waals surface area contributed by atoms with Gasteiger partial charge in [-0.05, 0) is 17.7 Å². The molecule has 1 aromatic carbocycles. The number of hydrogen-bond donors (Lipinski definition) is 2. The molecule has 0 radical (unpaired) electrons. The fraction of sp³-hybridized carbons (Fsp3) is 0.438. The lowest BCUT2D eigenvalue weighted by Crippen LogP contribution is -2.46. The Morgan fingerprint density at radius 2 is 1.83 bits per heavy atom. The molecule has 7 nitrogen and oxygen atoms in total. The third-order valence-electron chi connectivity index (χ3n) is 3.47. The smallest absolute Gasteiger partial charge is 0.303 e. The number of anilines is 1. The lowest BCUT2D eigenvalue weighted by Gasteiger charge is -2.27. The Labute approximate surface area is 135 Å². The van der Waals surface area contributed by atoms with Crippen LogP contribution in [0.3, 0.4) is 0 Å². The third-order valence-corrected chi connectivity index (χ3v) is 3.47. The summed E-state index contributed by atoms with van der Waals surface area (Å²) in [5, 5.41) is 5.83. The van der Waals surface area contributed by atoms with Gasteiger partial charge >= 0.3 is 5.97 Å². The molecule has 0 spiro atoms. The number of ether oxygens (including phenoxy) is 1. The van der Waals surface area contributed by atoms with Crippen LogP contribution in [0.15, 0.2) is 24.3 Å². The molecule has 0 saturated carbocycles. The normalized spacial score (nSPS) is 14.2. The summed E-state index contributed by atoms with van der Waals surface area (Å²) in [5.41, 5.74) is 1.49. The lowest BCUT2D eigenvalue weighted by atomic mass is 10.1. The first-order valence-electron chi connectivity index (χ1n) is 7.55. The molecular weight excluding hydrogens is 298 g/mol. The second-order valence-corrected chi connectivity index (χ2v) is 5.33. The quantitative estimate of drug-likeness (QED) is 0.755. The molecule has 2 amide bonds. The molecule has 1 aromatic rings. The van der Waals surface area contributed by atoms with E-state index in [0.29, 0.717) is 12.1 Å². The molecule has 2 N–H and O–H groups in total. The Morgan fingerprint density at radius 1 is 1.17 bits per heavy atom. The van der Waals surface area contributed by atoms with E-state index in [1.165, 1.54) is 6.92 Å². The van der Waals surface area contributed by atoms with E-state index in [4.69, 9.17) is 0 Å². The Balaban J connectivity index is 1.82. The van der Waals surface area contributed by atoms with Crippen LogP contribution >= 0.6 is 0 Å². The van der Waals surface area contributed by atoms with Gasteiger partial charge in [-0.2, -0.15) is 0 Å². The number of esters is 1. The first-order chi connectivity index (χ1) is 11.0. The maximum absolute atomic E-state index is 12.2. The van der Waals surface area contributed by atoms with Gasteiger partial charge in [-0.15, -0.1) is 0 Å². The van der Waals surface area contributed by atoms with E-state index in [9.17, 15) is 14.4 Å². The molecule has 0 bridgehead atoms. The van der Waals surface area contributed by atoms with Crippen LogP contribution in [0.4, 0.5) is 5.69 Å². The summed E-state index contributed by atoms with van der Waals surface area (Å²) in [7, 11) is 0. The minimum absolute atomic E-state index is 0.109. The summed E-state index contributed by atoms with van der Waals surface area (Å²) in [6.45, 7) is 4.08. The van der Waals surface area contributed by atoms with Gasteiger partial charge in [-0.1, -0.05) is 12.1 Å². The van der Waals surface area contributed by atoms with Gasteiger partial charge in [0.2, 0.25) is 5.91 Å². The minimum atomic E-state index is -0.498. The molecule has 0 unspecified atom stereocenters. The van der Waals surface area contributed by atoms with Crippen LogP contribution in [-0.4, -0.2) is 55.5 Å². The van der Waals surface area contributed by atoms with Gasteiger partial charge in [0.05, 0.1) is 6.42 Å². The van der Waals surface area contributed by atoms with Crippen molar-refractivity contribution in [1.29, 1.82) is 0 Å². The summed E-state index contributed by atoms with van der Waals surface area (Å²) in [6, 6.07) is 7.07. The van der Waals surface area contributed by atoms with Crippen LogP contribution in [0, 0.1) is 0 Å². The highest BCUT2D eigenvalue weighted by molar-refractivity contribution is 5.92. The molecule has 23 heavy (non-hydrogen) atoms. The van der Waals surface area contributed by atoms with Crippen molar-refractivity contribution in [3.8, 4) is 0 Å². The number of rotatable bonds is 5. The highest BCUT2D eigenvalue weighted by Crippen LogP contribution is 2.11. The molecule has 1 aliphatic rings. The van der Waals surface area contributed by atoms with Gasteiger partial charge in [0.25, 0.3) is 5.91 Å². The van der Waals surface area contributed by atoms with Crippen molar-refractivity contribution in [2.45, 2.75) is 13.3 Å². The fourth-order valence-electron chi connectivity index (χ4n) is 2.27. The van der Waals surface area contributed by atoms with Gasteiger partial charge in [-0.25, -0.2) is 0 Å². The Kier molecular flexibility index (Phi) is 6.10. The summed E-state index contributed by atoms with van der Waals surface area (Å²) < 4.78 is 4.61.